The molecule has 2 aromatic heterocycles. The van der Waals surface area contributed by atoms with Crippen LogP contribution in [0.3, 0.4) is 0 Å². The number of hydrogen-bond acceptors (Lipinski definition) is 9. The second-order valence-electron chi connectivity index (χ2n) is 9.25. The molecule has 0 aliphatic heterocycles. The number of fused-ring (bicyclic) bond motifs is 2. The monoisotopic (exact) mass is 552 g/mol. The van der Waals surface area contributed by atoms with Gasteiger partial charge in [0.15, 0.2) is 17.3 Å². The molecule has 6 aromatic rings. The van der Waals surface area contributed by atoms with Crippen LogP contribution in [0.5, 0.6) is 28.7 Å². The molecule has 0 bridgehead atoms. The standard InChI is InChI=1S/C16H14N2O.C15H10O7/c1-11-7-3-6-10-15(11)18-12(2)17-14-9-5-4-8-13(14)16(18)19;16-7-4-10(19)12-11(5-7)22-15(14(21)13(12)20)6-1-2-8(17)9(18)3-6/h3-10H,1-2H3;1-5,16-19,21H. The Morgan fingerprint density at radius 2 is 1.46 bits per heavy atom. The van der Waals surface area contributed by atoms with Gasteiger partial charge in [-0.25, -0.2) is 4.98 Å². The van der Waals surface area contributed by atoms with Crippen LogP contribution < -0.4 is 11.0 Å². The molecule has 0 amide bonds. The zero-order chi connectivity index (χ0) is 29.4. The van der Waals surface area contributed by atoms with Crippen LogP contribution in [0.2, 0.25) is 0 Å². The summed E-state index contributed by atoms with van der Waals surface area (Å²) >= 11 is 0. The molecule has 0 saturated carbocycles. The van der Waals surface area contributed by atoms with E-state index in [2.05, 4.69) is 4.98 Å². The predicted molar refractivity (Wildman–Crippen MR) is 153 cm³/mol. The van der Waals surface area contributed by atoms with Gasteiger partial charge in [-0.1, -0.05) is 30.3 Å². The lowest BCUT2D eigenvalue weighted by molar-refractivity contribution is 0.403. The van der Waals surface area contributed by atoms with Gasteiger partial charge in [-0.05, 0) is 55.8 Å². The van der Waals surface area contributed by atoms with E-state index >= 15 is 0 Å². The van der Waals surface area contributed by atoms with E-state index in [4.69, 9.17) is 4.42 Å². The highest BCUT2D eigenvalue weighted by atomic mass is 16.4. The molecule has 6 rings (SSSR count). The Morgan fingerprint density at radius 1 is 0.756 bits per heavy atom. The summed E-state index contributed by atoms with van der Waals surface area (Å²) in [5, 5.41) is 48.3. The minimum absolute atomic E-state index is 0.0163. The van der Waals surface area contributed by atoms with Crippen molar-refractivity contribution >= 4 is 21.9 Å². The molecule has 4 aromatic carbocycles. The van der Waals surface area contributed by atoms with Crippen LogP contribution in [-0.4, -0.2) is 35.1 Å². The quantitative estimate of drug-likeness (QED) is 0.186. The summed E-state index contributed by atoms with van der Waals surface area (Å²) in [6, 6.07) is 20.9. The van der Waals surface area contributed by atoms with Crippen molar-refractivity contribution in [1.29, 1.82) is 0 Å². The summed E-state index contributed by atoms with van der Waals surface area (Å²) in [6.45, 7) is 3.86. The minimum Gasteiger partial charge on any atom is -0.508 e. The van der Waals surface area contributed by atoms with Gasteiger partial charge in [-0.15, -0.1) is 0 Å². The third-order valence-corrected chi connectivity index (χ3v) is 6.47. The largest absolute Gasteiger partial charge is 0.508 e. The summed E-state index contributed by atoms with van der Waals surface area (Å²) in [4.78, 5) is 29.3. The molecule has 0 saturated heterocycles. The molecule has 41 heavy (non-hydrogen) atoms. The highest BCUT2D eigenvalue weighted by molar-refractivity contribution is 5.88. The van der Waals surface area contributed by atoms with E-state index in [0.717, 1.165) is 41.0 Å². The van der Waals surface area contributed by atoms with Crippen molar-refractivity contribution in [2.75, 3.05) is 0 Å². The van der Waals surface area contributed by atoms with Gasteiger partial charge in [-0.3, -0.25) is 14.2 Å². The van der Waals surface area contributed by atoms with Gasteiger partial charge >= 0.3 is 0 Å². The number of aryl methyl sites for hydroxylation is 2. The maximum Gasteiger partial charge on any atom is 0.265 e. The Morgan fingerprint density at radius 3 is 2.20 bits per heavy atom. The molecule has 0 unspecified atom stereocenters. The van der Waals surface area contributed by atoms with Crippen LogP contribution >= 0.6 is 0 Å². The second-order valence-corrected chi connectivity index (χ2v) is 9.25. The SMILES string of the molecule is Cc1ccccc1-n1c(C)nc2ccccc2c1=O.O=c1c(O)c(-c2ccc(O)c(O)c2)oc2cc(O)cc(O)c12. The fourth-order valence-corrected chi connectivity index (χ4v) is 4.48. The van der Waals surface area contributed by atoms with E-state index in [1.54, 1.807) is 4.57 Å². The number of aromatic hydroxyl groups is 5. The van der Waals surface area contributed by atoms with Gasteiger partial charge in [0.25, 0.3) is 5.56 Å². The van der Waals surface area contributed by atoms with Gasteiger partial charge in [0.05, 0.1) is 16.6 Å². The minimum atomic E-state index is -0.888. The third-order valence-electron chi connectivity index (χ3n) is 6.47. The fraction of sp³-hybridized carbons (Fsp3) is 0.0645. The third kappa shape index (κ3) is 4.89. The lowest BCUT2D eigenvalue weighted by Gasteiger charge is -2.12. The Bertz CT molecular complexity index is 2080. The number of benzene rings is 4. The van der Waals surface area contributed by atoms with Crippen molar-refractivity contribution in [3.8, 4) is 45.8 Å². The first-order valence-corrected chi connectivity index (χ1v) is 12.3. The van der Waals surface area contributed by atoms with Crippen LogP contribution in [0.1, 0.15) is 11.4 Å². The molecule has 206 valence electrons. The topological polar surface area (TPSA) is 166 Å². The Balaban J connectivity index is 0.000000166. The smallest absolute Gasteiger partial charge is 0.265 e. The van der Waals surface area contributed by atoms with Crippen molar-refractivity contribution in [2.24, 2.45) is 0 Å². The number of aromatic nitrogens is 2. The van der Waals surface area contributed by atoms with Crippen molar-refractivity contribution in [3.05, 3.63) is 111 Å². The number of para-hydroxylation sites is 2. The van der Waals surface area contributed by atoms with Crippen molar-refractivity contribution < 1.29 is 29.9 Å². The first-order chi connectivity index (χ1) is 19.6. The molecule has 0 aliphatic carbocycles. The van der Waals surface area contributed by atoms with Crippen LogP contribution in [-0.2, 0) is 0 Å². The van der Waals surface area contributed by atoms with E-state index in [1.807, 2.05) is 62.4 Å². The molecule has 0 spiro atoms. The van der Waals surface area contributed by atoms with E-state index in [1.165, 1.54) is 6.07 Å². The molecule has 0 atom stereocenters. The zero-order valence-electron chi connectivity index (χ0n) is 21.9. The molecule has 0 fully saturated rings. The van der Waals surface area contributed by atoms with Gasteiger partial charge in [0.1, 0.15) is 28.3 Å². The normalized spacial score (nSPS) is 10.9. The number of nitrogens with zero attached hydrogens (tertiary/aromatic N) is 2. The molecule has 5 N–H and O–H groups in total. The molecular formula is C31H24N2O8. The number of hydrogen-bond donors (Lipinski definition) is 5. The highest BCUT2D eigenvalue weighted by Crippen LogP contribution is 2.37. The van der Waals surface area contributed by atoms with Crippen molar-refractivity contribution in [1.82, 2.24) is 9.55 Å². The first kappa shape index (κ1) is 26.8. The predicted octanol–water partition coefficient (Wildman–Crippen LogP) is 4.99. The summed E-state index contributed by atoms with van der Waals surface area (Å²) in [7, 11) is 0. The average molecular weight is 553 g/mol. The van der Waals surface area contributed by atoms with Crippen LogP contribution in [0, 0.1) is 13.8 Å². The summed E-state index contributed by atoms with van der Waals surface area (Å²) in [6.07, 6.45) is 0. The van der Waals surface area contributed by atoms with E-state index in [9.17, 15) is 35.1 Å². The Kier molecular flexibility index (Phi) is 6.82. The van der Waals surface area contributed by atoms with E-state index in [0.29, 0.717) is 11.2 Å². The van der Waals surface area contributed by atoms with Crippen LogP contribution in [0.4, 0.5) is 0 Å². The van der Waals surface area contributed by atoms with Crippen molar-refractivity contribution in [3.63, 3.8) is 0 Å². The Hall–Kier alpha value is -5.77. The van der Waals surface area contributed by atoms with Crippen LogP contribution in [0.15, 0.2) is 92.9 Å². The Labute approximate surface area is 231 Å². The molecule has 10 nitrogen and oxygen atoms in total. The van der Waals surface area contributed by atoms with Gasteiger partial charge in [-0.2, -0.15) is 0 Å². The lowest BCUT2D eigenvalue weighted by atomic mass is 10.1. The number of phenols is 4. The average Bonchev–Trinajstić information content (AvgIpc) is 2.93. The number of phenolic OH excluding ortho intramolecular Hbond substituents is 4. The summed E-state index contributed by atoms with van der Waals surface area (Å²) in [5.74, 6) is -2.01. The van der Waals surface area contributed by atoms with E-state index in [-0.39, 0.29) is 39.4 Å². The first-order valence-electron chi connectivity index (χ1n) is 12.3. The maximum absolute atomic E-state index is 12.6. The van der Waals surface area contributed by atoms with Crippen molar-refractivity contribution in [2.45, 2.75) is 13.8 Å². The number of rotatable bonds is 2. The lowest BCUT2D eigenvalue weighted by Crippen LogP contribution is -2.22. The molecule has 0 aliphatic rings. The maximum atomic E-state index is 12.6. The second kappa shape index (κ2) is 10.4. The zero-order valence-corrected chi connectivity index (χ0v) is 21.9. The highest BCUT2D eigenvalue weighted by Gasteiger charge is 2.19. The molecule has 10 heteroatoms. The van der Waals surface area contributed by atoms with E-state index < -0.39 is 22.7 Å². The molecule has 2 heterocycles. The summed E-state index contributed by atoms with van der Waals surface area (Å²) in [5.41, 5.74) is 1.79. The van der Waals surface area contributed by atoms with Gasteiger partial charge < -0.3 is 29.9 Å². The summed E-state index contributed by atoms with van der Waals surface area (Å²) < 4.78 is 7.03. The molecular weight excluding hydrogens is 528 g/mol. The van der Waals surface area contributed by atoms with Gasteiger partial charge in [0.2, 0.25) is 11.2 Å². The fourth-order valence-electron chi connectivity index (χ4n) is 4.48. The van der Waals surface area contributed by atoms with Gasteiger partial charge in [0, 0.05) is 17.7 Å². The van der Waals surface area contributed by atoms with Crippen LogP contribution in [0.25, 0.3) is 38.9 Å². The molecule has 0 radical (unpaired) electrons.